The van der Waals surface area contributed by atoms with E-state index in [-0.39, 0.29) is 41.1 Å². The Morgan fingerprint density at radius 1 is 0.952 bits per heavy atom. The first-order valence-corrected chi connectivity index (χ1v) is 15.1. The topological polar surface area (TPSA) is 105 Å². The minimum atomic E-state index is -4.29. The normalized spacial score (nSPS) is 12.0. The van der Waals surface area contributed by atoms with Gasteiger partial charge >= 0.3 is 0 Å². The van der Waals surface area contributed by atoms with Gasteiger partial charge in [-0.15, -0.1) is 0 Å². The molecule has 0 aromatic heterocycles. The van der Waals surface area contributed by atoms with Crippen molar-refractivity contribution < 1.29 is 31.9 Å². The number of sulfonamides is 1. The highest BCUT2D eigenvalue weighted by Crippen LogP contribution is 2.36. The smallest absolute Gasteiger partial charge is 0.264 e. The van der Waals surface area contributed by atoms with Crippen molar-refractivity contribution in [1.82, 2.24) is 10.2 Å². The number of benzene rings is 3. The van der Waals surface area contributed by atoms with Gasteiger partial charge in [-0.2, -0.15) is 0 Å². The van der Waals surface area contributed by atoms with E-state index in [1.54, 1.807) is 37.3 Å². The summed E-state index contributed by atoms with van der Waals surface area (Å²) in [6.45, 7) is 5.40. The fraction of sp³-hybridized carbons (Fsp3) is 0.355. The van der Waals surface area contributed by atoms with Gasteiger partial charge in [0.05, 0.1) is 24.8 Å². The van der Waals surface area contributed by atoms with Crippen molar-refractivity contribution in [1.29, 1.82) is 0 Å². The van der Waals surface area contributed by atoms with Crippen LogP contribution in [0.4, 0.5) is 10.1 Å². The van der Waals surface area contributed by atoms with Crippen molar-refractivity contribution in [3.63, 3.8) is 0 Å². The second-order valence-electron chi connectivity index (χ2n) is 10.1. The molecule has 11 heteroatoms. The Kier molecular flexibility index (Phi) is 11.3. The molecule has 9 nitrogen and oxygen atoms in total. The van der Waals surface area contributed by atoms with Crippen molar-refractivity contribution in [2.24, 2.45) is 5.92 Å². The number of amides is 2. The average molecular weight is 600 g/mol. The van der Waals surface area contributed by atoms with Crippen LogP contribution < -0.4 is 19.1 Å². The van der Waals surface area contributed by atoms with Crippen LogP contribution in [0.2, 0.25) is 0 Å². The van der Waals surface area contributed by atoms with E-state index in [0.717, 1.165) is 4.31 Å². The quantitative estimate of drug-likeness (QED) is 0.290. The Balaban J connectivity index is 2.12. The van der Waals surface area contributed by atoms with E-state index in [9.17, 15) is 22.4 Å². The minimum absolute atomic E-state index is 0.0329. The summed E-state index contributed by atoms with van der Waals surface area (Å²) in [4.78, 5) is 28.8. The van der Waals surface area contributed by atoms with E-state index in [1.165, 1.54) is 61.6 Å². The molecule has 1 atom stereocenters. The maximum atomic E-state index is 14.2. The van der Waals surface area contributed by atoms with Gasteiger partial charge in [0.15, 0.2) is 0 Å². The number of halogens is 1. The Hall–Kier alpha value is -4.12. The highest BCUT2D eigenvalue weighted by atomic mass is 32.2. The van der Waals surface area contributed by atoms with Gasteiger partial charge in [-0.3, -0.25) is 13.9 Å². The third-order valence-electron chi connectivity index (χ3n) is 6.60. The molecule has 0 spiro atoms. The number of rotatable bonds is 14. The summed E-state index contributed by atoms with van der Waals surface area (Å²) in [5.41, 5.74) is 0.671. The number of methoxy groups -OCH3 is 2. The summed E-state index contributed by atoms with van der Waals surface area (Å²) in [6, 6.07) is 17.1. The highest BCUT2D eigenvalue weighted by Gasteiger charge is 2.35. The Bertz CT molecular complexity index is 1450. The molecular weight excluding hydrogens is 561 g/mol. The van der Waals surface area contributed by atoms with Crippen LogP contribution in [0, 0.1) is 11.7 Å². The predicted molar refractivity (Wildman–Crippen MR) is 159 cm³/mol. The molecule has 0 aliphatic carbocycles. The van der Waals surface area contributed by atoms with Crippen LogP contribution in [-0.4, -0.2) is 58.5 Å². The summed E-state index contributed by atoms with van der Waals surface area (Å²) in [5, 5.41) is 2.88. The number of hydrogen-bond donors (Lipinski definition) is 1. The van der Waals surface area contributed by atoms with Crippen molar-refractivity contribution in [2.75, 3.05) is 31.6 Å². The summed E-state index contributed by atoms with van der Waals surface area (Å²) in [7, 11) is -1.45. The van der Waals surface area contributed by atoms with Crippen molar-refractivity contribution in [3.05, 3.63) is 84.2 Å². The van der Waals surface area contributed by atoms with E-state index in [4.69, 9.17) is 9.47 Å². The van der Waals surface area contributed by atoms with Gasteiger partial charge in [-0.25, -0.2) is 12.8 Å². The lowest BCUT2D eigenvalue weighted by Gasteiger charge is -2.33. The van der Waals surface area contributed by atoms with Crippen LogP contribution in [0.25, 0.3) is 0 Å². The molecule has 3 aromatic carbocycles. The highest BCUT2D eigenvalue weighted by molar-refractivity contribution is 7.92. The lowest BCUT2D eigenvalue weighted by molar-refractivity contribution is -0.140. The summed E-state index contributed by atoms with van der Waals surface area (Å²) >= 11 is 0. The molecule has 0 fully saturated rings. The summed E-state index contributed by atoms with van der Waals surface area (Å²) < 4.78 is 53.5. The molecule has 42 heavy (non-hydrogen) atoms. The fourth-order valence-corrected chi connectivity index (χ4v) is 5.79. The summed E-state index contributed by atoms with van der Waals surface area (Å²) in [6.07, 6.45) is 0.269. The fourth-order valence-electron chi connectivity index (χ4n) is 4.35. The van der Waals surface area contributed by atoms with Crippen LogP contribution in [0.15, 0.2) is 77.7 Å². The van der Waals surface area contributed by atoms with E-state index in [0.29, 0.717) is 17.9 Å². The molecule has 0 aliphatic heterocycles. The largest absolute Gasteiger partial charge is 0.497 e. The molecule has 0 radical (unpaired) electrons. The SMILES string of the molecule is CC[C@@H](C(=O)NCC(C)C)N(Cc1ccc(F)cc1)C(=O)CN(c1cc(OC)ccc1OC)S(=O)(=O)c1ccccc1. The number of nitrogens with zero attached hydrogens (tertiary/aromatic N) is 2. The zero-order valence-corrected chi connectivity index (χ0v) is 25.4. The zero-order valence-electron chi connectivity index (χ0n) is 24.5. The lowest BCUT2D eigenvalue weighted by atomic mass is 10.1. The molecule has 0 heterocycles. The van der Waals surface area contributed by atoms with Gasteiger partial charge in [-0.05, 0) is 54.3 Å². The van der Waals surface area contributed by atoms with Crippen LogP contribution in [0.5, 0.6) is 11.5 Å². The van der Waals surface area contributed by atoms with Crippen molar-refractivity contribution >= 4 is 27.5 Å². The second kappa shape index (κ2) is 14.7. The molecule has 0 aliphatic rings. The van der Waals surface area contributed by atoms with Crippen molar-refractivity contribution in [2.45, 2.75) is 44.7 Å². The average Bonchev–Trinajstić information content (AvgIpc) is 2.99. The van der Waals surface area contributed by atoms with Crippen LogP contribution in [0.3, 0.4) is 0 Å². The predicted octanol–water partition coefficient (Wildman–Crippen LogP) is 4.62. The van der Waals surface area contributed by atoms with Gasteiger partial charge in [0.2, 0.25) is 11.8 Å². The molecule has 3 aromatic rings. The summed E-state index contributed by atoms with van der Waals surface area (Å²) in [5.74, 6) is -0.694. The van der Waals surface area contributed by atoms with E-state index in [1.807, 2.05) is 13.8 Å². The number of ether oxygens (including phenoxy) is 2. The maximum Gasteiger partial charge on any atom is 0.264 e. The maximum absolute atomic E-state index is 14.2. The number of carbonyl (C=O) groups is 2. The van der Waals surface area contributed by atoms with Crippen LogP contribution in [0.1, 0.15) is 32.8 Å². The van der Waals surface area contributed by atoms with Crippen LogP contribution >= 0.6 is 0 Å². The Labute approximate surface area is 247 Å². The first-order valence-electron chi connectivity index (χ1n) is 13.6. The van der Waals surface area contributed by atoms with Gasteiger partial charge in [-0.1, -0.05) is 51.1 Å². The minimum Gasteiger partial charge on any atom is -0.497 e. The monoisotopic (exact) mass is 599 g/mol. The van der Waals surface area contributed by atoms with Crippen LogP contribution in [-0.2, 0) is 26.2 Å². The Morgan fingerprint density at radius 3 is 2.19 bits per heavy atom. The first-order chi connectivity index (χ1) is 20.0. The van der Waals surface area contributed by atoms with E-state index < -0.39 is 34.3 Å². The second-order valence-corrected chi connectivity index (χ2v) is 11.9. The van der Waals surface area contributed by atoms with E-state index >= 15 is 0 Å². The number of anilines is 1. The van der Waals surface area contributed by atoms with E-state index in [2.05, 4.69) is 5.32 Å². The molecule has 3 rings (SSSR count). The molecule has 0 saturated carbocycles. The van der Waals surface area contributed by atoms with Gasteiger partial charge in [0.1, 0.15) is 29.9 Å². The van der Waals surface area contributed by atoms with Gasteiger partial charge in [0.25, 0.3) is 10.0 Å². The molecule has 0 saturated heterocycles. The zero-order chi connectivity index (χ0) is 30.9. The number of nitrogens with one attached hydrogen (secondary N) is 1. The molecular formula is C31H38FN3O6S. The Morgan fingerprint density at radius 2 is 1.62 bits per heavy atom. The first kappa shape index (κ1) is 32.4. The lowest BCUT2D eigenvalue weighted by Crippen LogP contribution is -2.52. The van der Waals surface area contributed by atoms with Gasteiger partial charge < -0.3 is 19.7 Å². The molecule has 226 valence electrons. The number of carbonyl (C=O) groups excluding carboxylic acids is 2. The molecule has 1 N–H and O–H groups in total. The third-order valence-corrected chi connectivity index (χ3v) is 8.38. The standard InChI is InChI=1S/C31H38FN3O6S/c1-6-27(31(37)33-19-22(2)3)34(20-23-12-14-24(32)15-13-23)30(36)21-35(42(38,39)26-10-8-7-9-11-26)28-18-25(40-4)16-17-29(28)41-5/h7-18,22,27H,6,19-21H2,1-5H3,(H,33,37)/t27-/m0/s1. The van der Waals surface area contributed by atoms with Crippen molar-refractivity contribution in [3.8, 4) is 11.5 Å². The third kappa shape index (κ3) is 8.00. The molecule has 0 bridgehead atoms. The van der Waals surface area contributed by atoms with Gasteiger partial charge in [0, 0.05) is 19.2 Å². The number of hydrogen-bond acceptors (Lipinski definition) is 6. The molecule has 2 amide bonds. The molecule has 0 unspecified atom stereocenters.